The third-order valence-corrected chi connectivity index (χ3v) is 5.45. The van der Waals surface area contributed by atoms with E-state index >= 15 is 0 Å². The van der Waals surface area contributed by atoms with E-state index in [1.807, 2.05) is 0 Å². The molecular weight excluding hydrogens is 357 g/mol. The molecule has 0 spiro atoms. The summed E-state index contributed by atoms with van der Waals surface area (Å²) in [5.74, 6) is -0.659. The molecule has 0 saturated carbocycles. The second-order valence-electron chi connectivity index (χ2n) is 4.82. The Morgan fingerprint density at radius 2 is 2.04 bits per heavy atom. The lowest BCUT2D eigenvalue weighted by Gasteiger charge is -2.18. The molecule has 1 rings (SSSR count). The highest BCUT2D eigenvalue weighted by molar-refractivity contribution is 7.91. The van der Waals surface area contributed by atoms with Gasteiger partial charge in [0, 0.05) is 6.04 Å². The van der Waals surface area contributed by atoms with Crippen molar-refractivity contribution in [1.29, 1.82) is 0 Å². The van der Waals surface area contributed by atoms with Crippen molar-refractivity contribution < 1.29 is 31.1 Å². The van der Waals surface area contributed by atoms with Crippen molar-refractivity contribution in [2.45, 2.75) is 36.3 Å². The Bertz CT molecular complexity index is 602. The second-order valence-corrected chi connectivity index (χ2v) is 7.70. The van der Waals surface area contributed by atoms with Gasteiger partial charge in [0.2, 0.25) is 5.91 Å². The minimum atomic E-state index is -4.44. The number of ether oxygens (including phenoxy) is 1. The molecule has 2 atom stereocenters. The number of thiophene rings is 1. The van der Waals surface area contributed by atoms with Crippen LogP contribution in [0, 0.1) is 0 Å². The van der Waals surface area contributed by atoms with Crippen LogP contribution in [0.2, 0.25) is 0 Å². The summed E-state index contributed by atoms with van der Waals surface area (Å²) in [6, 6.07) is 1.18. The molecule has 0 aliphatic carbocycles. The number of hydrogen-bond donors (Lipinski definition) is 2. The first-order valence-electron chi connectivity index (χ1n) is 6.52. The third kappa shape index (κ3) is 7.29. The van der Waals surface area contributed by atoms with Gasteiger partial charge in [0.05, 0.1) is 12.6 Å². The number of carbonyl (C=O) groups is 1. The number of carbonyl (C=O) groups excluding carboxylic acids is 1. The Morgan fingerprint density at radius 3 is 2.57 bits per heavy atom. The van der Waals surface area contributed by atoms with E-state index in [0.717, 1.165) is 11.3 Å². The number of nitrogens with one attached hydrogen (secondary N) is 2. The zero-order valence-electron chi connectivity index (χ0n) is 12.4. The maximum Gasteiger partial charge on any atom is 0.411 e. The molecule has 0 bridgehead atoms. The minimum absolute atomic E-state index is 0.0682. The van der Waals surface area contributed by atoms with Gasteiger partial charge in [-0.3, -0.25) is 4.79 Å². The van der Waals surface area contributed by atoms with Crippen molar-refractivity contribution in [1.82, 2.24) is 10.0 Å². The largest absolute Gasteiger partial charge is 0.411 e. The van der Waals surface area contributed by atoms with Gasteiger partial charge >= 0.3 is 6.18 Å². The van der Waals surface area contributed by atoms with Gasteiger partial charge in [0.25, 0.3) is 10.0 Å². The summed E-state index contributed by atoms with van der Waals surface area (Å²) < 4.78 is 66.4. The van der Waals surface area contributed by atoms with Crippen LogP contribution in [0.15, 0.2) is 21.7 Å². The highest BCUT2D eigenvalue weighted by atomic mass is 32.2. The SMILES string of the molecule is CC(COCC(F)(F)F)NC(=O)C(C)NS(=O)(=O)c1cccs1. The Hall–Kier alpha value is -1.17. The molecular formula is C12H17F3N2O4S2. The van der Waals surface area contributed by atoms with Gasteiger partial charge in [-0.15, -0.1) is 11.3 Å². The lowest BCUT2D eigenvalue weighted by Crippen LogP contribution is -2.48. The van der Waals surface area contributed by atoms with Crippen molar-refractivity contribution >= 4 is 27.3 Å². The second kappa shape index (κ2) is 8.08. The lowest BCUT2D eigenvalue weighted by molar-refractivity contribution is -0.175. The van der Waals surface area contributed by atoms with E-state index in [1.54, 1.807) is 11.4 Å². The summed E-state index contributed by atoms with van der Waals surface area (Å²) in [4.78, 5) is 11.8. The van der Waals surface area contributed by atoms with E-state index in [0.29, 0.717) is 0 Å². The van der Waals surface area contributed by atoms with Crippen LogP contribution in [0.5, 0.6) is 0 Å². The number of halogens is 3. The first kappa shape index (κ1) is 19.9. The molecule has 0 aromatic carbocycles. The predicted molar refractivity (Wildman–Crippen MR) is 78.6 cm³/mol. The molecule has 0 saturated heterocycles. The molecule has 1 amide bonds. The summed E-state index contributed by atoms with van der Waals surface area (Å²) in [7, 11) is -3.81. The fraction of sp³-hybridized carbons (Fsp3) is 0.583. The van der Waals surface area contributed by atoms with Crippen molar-refractivity contribution in [2.24, 2.45) is 0 Å². The topological polar surface area (TPSA) is 84.5 Å². The monoisotopic (exact) mass is 374 g/mol. The maximum atomic E-state index is 11.9. The number of rotatable bonds is 8. The van der Waals surface area contributed by atoms with Crippen molar-refractivity contribution in [3.05, 3.63) is 17.5 Å². The Morgan fingerprint density at radius 1 is 1.39 bits per heavy atom. The van der Waals surface area contributed by atoms with Crippen LogP contribution in [0.25, 0.3) is 0 Å². The van der Waals surface area contributed by atoms with Gasteiger partial charge in [-0.25, -0.2) is 8.42 Å². The molecule has 1 aromatic rings. The number of sulfonamides is 1. The molecule has 11 heteroatoms. The van der Waals surface area contributed by atoms with E-state index < -0.39 is 40.8 Å². The van der Waals surface area contributed by atoms with E-state index in [2.05, 4.69) is 14.8 Å². The molecule has 0 fully saturated rings. The number of hydrogen-bond acceptors (Lipinski definition) is 5. The molecule has 2 unspecified atom stereocenters. The van der Waals surface area contributed by atoms with E-state index in [1.165, 1.54) is 19.9 Å². The molecule has 0 aliphatic heterocycles. The zero-order valence-corrected chi connectivity index (χ0v) is 14.0. The first-order chi connectivity index (χ1) is 10.5. The number of alkyl halides is 3. The average molecular weight is 374 g/mol. The standard InChI is InChI=1S/C12H17F3N2O4S2/c1-8(6-21-7-12(13,14)15)16-11(18)9(2)17-23(19,20)10-4-3-5-22-10/h3-5,8-9,17H,6-7H2,1-2H3,(H,16,18). The number of amides is 1. The van der Waals surface area contributed by atoms with E-state index in [-0.39, 0.29) is 10.8 Å². The van der Waals surface area contributed by atoms with Gasteiger partial charge in [-0.1, -0.05) is 6.07 Å². The van der Waals surface area contributed by atoms with Crippen molar-refractivity contribution in [3.8, 4) is 0 Å². The predicted octanol–water partition coefficient (Wildman–Crippen LogP) is 1.50. The van der Waals surface area contributed by atoms with Crippen LogP contribution in [0.4, 0.5) is 13.2 Å². The highest BCUT2D eigenvalue weighted by Gasteiger charge is 2.28. The quantitative estimate of drug-likeness (QED) is 0.722. The van der Waals surface area contributed by atoms with Crippen molar-refractivity contribution in [2.75, 3.05) is 13.2 Å². The molecule has 0 radical (unpaired) electrons. The van der Waals surface area contributed by atoms with Gasteiger partial charge in [0.15, 0.2) is 0 Å². The van der Waals surface area contributed by atoms with E-state index in [9.17, 15) is 26.4 Å². The molecule has 1 aromatic heterocycles. The summed E-state index contributed by atoms with van der Waals surface area (Å²) in [6.07, 6.45) is -4.44. The normalized spacial score (nSPS) is 15.2. The first-order valence-corrected chi connectivity index (χ1v) is 8.88. The summed E-state index contributed by atoms with van der Waals surface area (Å²) in [5, 5.41) is 3.96. The van der Waals surface area contributed by atoms with Crippen LogP contribution < -0.4 is 10.0 Å². The summed E-state index contributed by atoms with van der Waals surface area (Å²) in [5.41, 5.74) is 0. The lowest BCUT2D eigenvalue weighted by atomic mass is 10.3. The summed E-state index contributed by atoms with van der Waals surface area (Å²) in [6.45, 7) is 1.04. The molecule has 0 aliphatic rings. The van der Waals surface area contributed by atoms with Crippen molar-refractivity contribution in [3.63, 3.8) is 0 Å². The van der Waals surface area contributed by atoms with Gasteiger partial charge in [0.1, 0.15) is 10.8 Å². The zero-order chi connectivity index (χ0) is 17.7. The van der Waals surface area contributed by atoms with Crippen LogP contribution in [-0.2, 0) is 19.6 Å². The van der Waals surface area contributed by atoms with E-state index in [4.69, 9.17) is 0 Å². The molecule has 23 heavy (non-hydrogen) atoms. The van der Waals surface area contributed by atoms with Gasteiger partial charge in [-0.05, 0) is 25.3 Å². The smallest absolute Gasteiger partial charge is 0.370 e. The molecule has 2 N–H and O–H groups in total. The molecule has 1 heterocycles. The average Bonchev–Trinajstić information content (AvgIpc) is 2.90. The molecule has 6 nitrogen and oxygen atoms in total. The third-order valence-electron chi connectivity index (χ3n) is 2.51. The highest BCUT2D eigenvalue weighted by Crippen LogP contribution is 2.16. The van der Waals surface area contributed by atoms with Crippen LogP contribution >= 0.6 is 11.3 Å². The Labute approximate surface area is 136 Å². The fourth-order valence-electron chi connectivity index (χ4n) is 1.52. The summed E-state index contributed by atoms with van der Waals surface area (Å²) >= 11 is 1.00. The van der Waals surface area contributed by atoms with Gasteiger partial charge in [-0.2, -0.15) is 17.9 Å². The maximum absolute atomic E-state index is 11.9. The van der Waals surface area contributed by atoms with Crippen LogP contribution in [0.3, 0.4) is 0 Å². The van der Waals surface area contributed by atoms with Crippen LogP contribution in [0.1, 0.15) is 13.8 Å². The van der Waals surface area contributed by atoms with Gasteiger partial charge < -0.3 is 10.1 Å². The molecule has 132 valence electrons. The Balaban J connectivity index is 2.45. The fourth-order valence-corrected chi connectivity index (χ4v) is 3.73. The Kier molecular flexibility index (Phi) is 6.99. The van der Waals surface area contributed by atoms with Crippen LogP contribution in [-0.4, -0.2) is 45.8 Å². The minimum Gasteiger partial charge on any atom is -0.370 e.